The fraction of sp³-hybridized carbons (Fsp3) is 0.333. The average molecular weight is 112 g/mol. The summed E-state index contributed by atoms with van der Waals surface area (Å²) in [7, 11) is 1.79. The van der Waals surface area contributed by atoms with Crippen LogP contribution in [-0.2, 0) is 0 Å². The van der Waals surface area contributed by atoms with Gasteiger partial charge in [0.25, 0.3) is 0 Å². The molecule has 2 heteroatoms. The Bertz CT molecular complexity index is 94.7. The van der Waals surface area contributed by atoms with E-state index in [-0.39, 0.29) is 0 Å². The first-order valence-corrected chi connectivity index (χ1v) is 2.43. The second kappa shape index (κ2) is 3.41. The van der Waals surface area contributed by atoms with Crippen molar-refractivity contribution in [2.45, 2.75) is 0 Å². The quantitative estimate of drug-likeness (QED) is 0.328. The average Bonchev–Trinajstić information content (AvgIpc) is 1.65. The first-order valence-electron chi connectivity index (χ1n) is 2.43. The number of nitrogens with two attached hydrogens (primary N) is 1. The van der Waals surface area contributed by atoms with Crippen LogP contribution < -0.4 is 5.84 Å². The smallest absolute Gasteiger partial charge is 0.0370 e. The summed E-state index contributed by atoms with van der Waals surface area (Å²) in [6.07, 6.45) is 1.70. The highest BCUT2D eigenvalue weighted by Gasteiger charge is 1.88. The Balaban J connectivity index is 3.39. The van der Waals surface area contributed by atoms with Gasteiger partial charge in [-0.15, -0.1) is 0 Å². The van der Waals surface area contributed by atoms with Gasteiger partial charge in [0.2, 0.25) is 0 Å². The Hall–Kier alpha value is -0.600. The summed E-state index contributed by atoms with van der Waals surface area (Å²) in [5, 5.41) is 1.56. The van der Waals surface area contributed by atoms with Crippen LogP contribution in [0.2, 0.25) is 0 Å². The third-order valence-electron chi connectivity index (χ3n) is 0.741. The van der Waals surface area contributed by atoms with Crippen molar-refractivity contribution in [1.29, 1.82) is 0 Å². The van der Waals surface area contributed by atoms with Crippen LogP contribution in [0.15, 0.2) is 24.8 Å². The maximum atomic E-state index is 5.29. The largest absolute Gasteiger partial charge is 0.269 e. The fourth-order valence-electron chi connectivity index (χ4n) is 0.385. The Morgan fingerprint density at radius 3 is 2.50 bits per heavy atom. The molecule has 0 aliphatic carbocycles. The summed E-state index contributed by atoms with van der Waals surface area (Å²) >= 11 is 0. The van der Waals surface area contributed by atoms with Crippen LogP contribution >= 0.6 is 0 Å². The van der Waals surface area contributed by atoms with Crippen LogP contribution in [0.5, 0.6) is 0 Å². The number of hydrazine groups is 1. The summed E-state index contributed by atoms with van der Waals surface area (Å²) in [6, 6.07) is 0. The van der Waals surface area contributed by atoms with Gasteiger partial charge in [-0.3, -0.25) is 5.84 Å². The first kappa shape index (κ1) is 7.40. The van der Waals surface area contributed by atoms with Gasteiger partial charge in [-0.25, -0.2) is 5.01 Å². The molecule has 0 atom stereocenters. The molecule has 0 rings (SSSR count). The van der Waals surface area contributed by atoms with Gasteiger partial charge in [0.1, 0.15) is 0 Å². The van der Waals surface area contributed by atoms with E-state index >= 15 is 0 Å². The normalized spacial score (nSPS) is 9.38. The molecule has 2 nitrogen and oxygen atoms in total. The van der Waals surface area contributed by atoms with Gasteiger partial charge in [-0.1, -0.05) is 19.2 Å². The molecular weight excluding hydrogens is 100 g/mol. The van der Waals surface area contributed by atoms with E-state index in [2.05, 4.69) is 13.2 Å². The molecule has 0 aromatic heterocycles. The lowest BCUT2D eigenvalue weighted by Crippen LogP contribution is -2.27. The van der Waals surface area contributed by atoms with Crippen molar-refractivity contribution in [2.24, 2.45) is 5.84 Å². The molecule has 2 N–H and O–H groups in total. The summed E-state index contributed by atoms with van der Waals surface area (Å²) in [4.78, 5) is 0. The number of rotatable bonds is 3. The molecule has 0 aliphatic heterocycles. The van der Waals surface area contributed by atoms with Crippen LogP contribution in [0.3, 0.4) is 0 Å². The van der Waals surface area contributed by atoms with Gasteiger partial charge in [-0.05, 0) is 5.57 Å². The fourth-order valence-corrected chi connectivity index (χ4v) is 0.385. The molecule has 0 bridgehead atoms. The van der Waals surface area contributed by atoms with Crippen molar-refractivity contribution in [3.8, 4) is 0 Å². The molecule has 0 spiro atoms. The summed E-state index contributed by atoms with van der Waals surface area (Å²) < 4.78 is 0. The minimum Gasteiger partial charge on any atom is -0.269 e. The third kappa shape index (κ3) is 3.59. The Kier molecular flexibility index (Phi) is 3.15. The van der Waals surface area contributed by atoms with Crippen LogP contribution in [0.1, 0.15) is 0 Å². The van der Waals surface area contributed by atoms with E-state index in [0.717, 1.165) is 5.57 Å². The zero-order valence-corrected chi connectivity index (χ0v) is 5.22. The monoisotopic (exact) mass is 112 g/mol. The van der Waals surface area contributed by atoms with Gasteiger partial charge in [-0.2, -0.15) is 0 Å². The lowest BCUT2D eigenvalue weighted by atomic mass is 10.3. The standard InChI is InChI=1S/C6H12N2/c1-4-6(2)5-8(3)7/h4H,1-2,5,7H2,3H3. The molecule has 8 heavy (non-hydrogen) atoms. The van der Waals surface area contributed by atoms with Crippen LogP contribution in [-0.4, -0.2) is 18.6 Å². The molecule has 0 unspecified atom stereocenters. The lowest BCUT2D eigenvalue weighted by molar-refractivity contribution is 0.384. The summed E-state index contributed by atoms with van der Waals surface area (Å²) in [6.45, 7) is 7.89. The van der Waals surface area contributed by atoms with Crippen molar-refractivity contribution in [3.63, 3.8) is 0 Å². The maximum Gasteiger partial charge on any atom is 0.0370 e. The molecule has 0 amide bonds. The van der Waals surface area contributed by atoms with Crippen molar-refractivity contribution in [3.05, 3.63) is 24.8 Å². The van der Waals surface area contributed by atoms with Gasteiger partial charge in [0.05, 0.1) is 0 Å². The minimum atomic E-state index is 0.684. The molecule has 0 radical (unpaired) electrons. The molecule has 0 aliphatic rings. The van der Waals surface area contributed by atoms with E-state index in [1.165, 1.54) is 0 Å². The number of hydrogen-bond donors (Lipinski definition) is 1. The molecule has 0 heterocycles. The predicted molar refractivity (Wildman–Crippen MR) is 36.2 cm³/mol. The Labute approximate surface area is 50.3 Å². The van der Waals surface area contributed by atoms with Crippen molar-refractivity contribution in [2.75, 3.05) is 13.6 Å². The second-order valence-electron chi connectivity index (χ2n) is 1.78. The highest BCUT2D eigenvalue weighted by atomic mass is 15.4. The molecule has 0 saturated heterocycles. The number of likely N-dealkylation sites (N-methyl/N-ethyl adjacent to an activating group) is 1. The van der Waals surface area contributed by atoms with E-state index in [1.807, 2.05) is 0 Å². The van der Waals surface area contributed by atoms with E-state index in [9.17, 15) is 0 Å². The zero-order chi connectivity index (χ0) is 6.57. The number of hydrogen-bond acceptors (Lipinski definition) is 2. The van der Waals surface area contributed by atoms with E-state index < -0.39 is 0 Å². The van der Waals surface area contributed by atoms with Crippen molar-refractivity contribution < 1.29 is 0 Å². The number of nitrogens with zero attached hydrogens (tertiary/aromatic N) is 1. The van der Waals surface area contributed by atoms with E-state index in [1.54, 1.807) is 18.1 Å². The second-order valence-corrected chi connectivity index (χ2v) is 1.78. The molecule has 0 fully saturated rings. The van der Waals surface area contributed by atoms with Crippen LogP contribution in [0, 0.1) is 0 Å². The van der Waals surface area contributed by atoms with Crippen molar-refractivity contribution >= 4 is 0 Å². The third-order valence-corrected chi connectivity index (χ3v) is 0.741. The topological polar surface area (TPSA) is 29.3 Å². The predicted octanol–water partition coefficient (Wildman–Crippen LogP) is 0.534. The van der Waals surface area contributed by atoms with E-state index in [0.29, 0.717) is 6.54 Å². The van der Waals surface area contributed by atoms with Crippen molar-refractivity contribution in [1.82, 2.24) is 5.01 Å². The first-order chi connectivity index (χ1) is 3.66. The lowest BCUT2D eigenvalue weighted by Gasteiger charge is -2.07. The van der Waals surface area contributed by atoms with Gasteiger partial charge in [0.15, 0.2) is 0 Å². The highest BCUT2D eigenvalue weighted by Crippen LogP contribution is 1.88. The van der Waals surface area contributed by atoms with Gasteiger partial charge >= 0.3 is 0 Å². The highest BCUT2D eigenvalue weighted by molar-refractivity contribution is 5.12. The molecule has 0 saturated carbocycles. The molecule has 0 aromatic carbocycles. The van der Waals surface area contributed by atoms with E-state index in [4.69, 9.17) is 5.84 Å². The zero-order valence-electron chi connectivity index (χ0n) is 5.22. The van der Waals surface area contributed by atoms with Crippen LogP contribution in [0.25, 0.3) is 0 Å². The Morgan fingerprint density at radius 2 is 2.38 bits per heavy atom. The van der Waals surface area contributed by atoms with Gasteiger partial charge < -0.3 is 0 Å². The SMILES string of the molecule is C=CC(=C)CN(C)N. The van der Waals surface area contributed by atoms with Gasteiger partial charge in [0, 0.05) is 13.6 Å². The summed E-state index contributed by atoms with van der Waals surface area (Å²) in [5.74, 6) is 5.29. The maximum absolute atomic E-state index is 5.29. The molecule has 0 aromatic rings. The Morgan fingerprint density at radius 1 is 1.88 bits per heavy atom. The molecular formula is C6H12N2. The summed E-state index contributed by atoms with van der Waals surface area (Å²) in [5.41, 5.74) is 0.940. The minimum absolute atomic E-state index is 0.684. The van der Waals surface area contributed by atoms with Crippen LogP contribution in [0.4, 0.5) is 0 Å². The molecule has 46 valence electrons.